The highest BCUT2D eigenvalue weighted by Gasteiger charge is 2.15. The van der Waals surface area contributed by atoms with Crippen molar-refractivity contribution in [2.75, 3.05) is 0 Å². The van der Waals surface area contributed by atoms with Gasteiger partial charge in [0.2, 0.25) is 0 Å². The van der Waals surface area contributed by atoms with Crippen molar-refractivity contribution < 1.29 is 0 Å². The van der Waals surface area contributed by atoms with Gasteiger partial charge in [0.1, 0.15) is 0 Å². The topological polar surface area (TPSA) is 51.6 Å². The van der Waals surface area contributed by atoms with E-state index in [4.69, 9.17) is 19.9 Å². The van der Waals surface area contributed by atoms with Crippen molar-refractivity contribution in [2.24, 2.45) is 0 Å². The van der Waals surface area contributed by atoms with Crippen LogP contribution in [-0.2, 0) is 0 Å². The van der Waals surface area contributed by atoms with E-state index < -0.39 is 0 Å². The van der Waals surface area contributed by atoms with Crippen LogP contribution in [0.5, 0.6) is 0 Å². The van der Waals surface area contributed by atoms with Gasteiger partial charge in [-0.2, -0.15) is 0 Å². The SMILES string of the molecule is C=CC/C=C\C(=C/C)c1nc(-c2ccccc2)nc(-c2ccc(-c3cccc4c(-c5ccc(-c6cc(-c7ccccc7)nc(-c7ccccc7)c6)cc5)cccc34)cc2)n1. The van der Waals surface area contributed by atoms with Crippen LogP contribution in [0.4, 0.5) is 0 Å². The van der Waals surface area contributed by atoms with Crippen molar-refractivity contribution in [3.05, 3.63) is 225 Å². The first-order valence-electron chi connectivity index (χ1n) is 20.3. The number of hydrogen-bond donors (Lipinski definition) is 0. The van der Waals surface area contributed by atoms with Crippen molar-refractivity contribution >= 4 is 16.3 Å². The summed E-state index contributed by atoms with van der Waals surface area (Å²) in [5.74, 6) is 1.90. The molecule has 286 valence electrons. The molecule has 0 bridgehead atoms. The Bertz CT molecular complexity index is 2930. The lowest BCUT2D eigenvalue weighted by atomic mass is 9.92. The molecule has 0 aliphatic carbocycles. The lowest BCUT2D eigenvalue weighted by molar-refractivity contribution is 1.04. The Morgan fingerprint density at radius 2 is 0.883 bits per heavy atom. The quantitative estimate of drug-likeness (QED) is 0.0971. The molecule has 0 amide bonds. The molecule has 0 aliphatic rings. The molecule has 0 fully saturated rings. The number of allylic oxidation sites excluding steroid dienone is 5. The predicted molar refractivity (Wildman–Crippen MR) is 251 cm³/mol. The summed E-state index contributed by atoms with van der Waals surface area (Å²) < 4.78 is 0. The lowest BCUT2D eigenvalue weighted by Crippen LogP contribution is -2.02. The Labute approximate surface area is 351 Å². The van der Waals surface area contributed by atoms with E-state index in [1.54, 1.807) is 0 Å². The second-order valence-corrected chi connectivity index (χ2v) is 14.6. The first kappa shape index (κ1) is 37.7. The molecule has 9 rings (SSSR count). The van der Waals surface area contributed by atoms with Crippen molar-refractivity contribution in [1.82, 2.24) is 19.9 Å². The van der Waals surface area contributed by atoms with Crippen LogP contribution in [0, 0.1) is 0 Å². The highest BCUT2D eigenvalue weighted by molar-refractivity contribution is 6.04. The Morgan fingerprint density at radius 3 is 1.37 bits per heavy atom. The molecule has 7 aromatic carbocycles. The zero-order chi connectivity index (χ0) is 40.7. The van der Waals surface area contributed by atoms with Gasteiger partial charge in [0, 0.05) is 27.8 Å². The molecule has 0 spiro atoms. The summed E-state index contributed by atoms with van der Waals surface area (Å²) >= 11 is 0. The summed E-state index contributed by atoms with van der Waals surface area (Å²) in [6, 6.07) is 65.9. The van der Waals surface area contributed by atoms with Crippen LogP contribution in [-0.4, -0.2) is 19.9 Å². The fourth-order valence-electron chi connectivity index (χ4n) is 7.61. The monoisotopic (exact) mass is 770 g/mol. The van der Waals surface area contributed by atoms with Crippen LogP contribution in [0.15, 0.2) is 219 Å². The summed E-state index contributed by atoms with van der Waals surface area (Å²) in [5.41, 5.74) is 13.8. The molecule has 0 atom stereocenters. The minimum absolute atomic E-state index is 0.630. The summed E-state index contributed by atoms with van der Waals surface area (Å²) in [5, 5.41) is 2.39. The minimum atomic E-state index is 0.630. The summed E-state index contributed by atoms with van der Waals surface area (Å²) in [7, 11) is 0. The van der Waals surface area contributed by atoms with E-state index in [9.17, 15) is 0 Å². The number of pyridine rings is 1. The molecule has 2 heterocycles. The van der Waals surface area contributed by atoms with Crippen molar-refractivity contribution in [1.29, 1.82) is 0 Å². The number of nitrogens with zero attached hydrogens (tertiary/aromatic N) is 4. The smallest absolute Gasteiger partial charge is 0.164 e. The molecule has 0 saturated carbocycles. The maximum Gasteiger partial charge on any atom is 0.164 e. The molecular weight excluding hydrogens is 729 g/mol. The molecule has 4 heteroatoms. The van der Waals surface area contributed by atoms with Gasteiger partial charge in [-0.3, -0.25) is 0 Å². The molecule has 60 heavy (non-hydrogen) atoms. The van der Waals surface area contributed by atoms with Crippen molar-refractivity contribution in [2.45, 2.75) is 13.3 Å². The third kappa shape index (κ3) is 8.00. The Kier molecular flexibility index (Phi) is 10.9. The zero-order valence-corrected chi connectivity index (χ0v) is 33.4. The van der Waals surface area contributed by atoms with Gasteiger partial charge in [0.05, 0.1) is 11.4 Å². The highest BCUT2D eigenvalue weighted by atomic mass is 15.0. The van der Waals surface area contributed by atoms with Crippen LogP contribution >= 0.6 is 0 Å². The molecule has 0 N–H and O–H groups in total. The standard InChI is InChI=1S/C56H42N4/c1-3-5-9-18-39(4-2)54-58-55(45-23-14-8-15-24-45)60-56(59-54)46-35-33-42(34-36-46)49-26-17-27-50-48(25-16-28-51(49)50)41-31-29-40(30-32-41)47-37-52(43-19-10-6-11-20-43)57-53(38-47)44-21-12-7-13-22-44/h3-4,6-38H,1,5H2,2H3/b18-9-,39-4+. The third-order valence-electron chi connectivity index (χ3n) is 10.7. The largest absolute Gasteiger partial charge is 0.248 e. The van der Waals surface area contributed by atoms with Gasteiger partial charge in [-0.1, -0.05) is 200 Å². The lowest BCUT2D eigenvalue weighted by Gasteiger charge is -2.13. The Hall–Kier alpha value is -7.82. The van der Waals surface area contributed by atoms with Gasteiger partial charge in [0.15, 0.2) is 17.5 Å². The first-order chi connectivity index (χ1) is 29.6. The fraction of sp³-hybridized carbons (Fsp3) is 0.0357. The summed E-state index contributed by atoms with van der Waals surface area (Å²) in [4.78, 5) is 19.9. The Balaban J connectivity index is 1.04. The van der Waals surface area contributed by atoms with Gasteiger partial charge >= 0.3 is 0 Å². The van der Waals surface area contributed by atoms with Crippen LogP contribution in [0.1, 0.15) is 19.2 Å². The molecule has 0 aliphatic heterocycles. The number of rotatable bonds is 11. The second kappa shape index (κ2) is 17.4. The van der Waals surface area contributed by atoms with Crippen LogP contribution in [0.25, 0.3) is 95.0 Å². The molecule has 9 aromatic rings. The highest BCUT2D eigenvalue weighted by Crippen LogP contribution is 2.37. The molecular formula is C56H42N4. The third-order valence-corrected chi connectivity index (χ3v) is 10.7. The zero-order valence-electron chi connectivity index (χ0n) is 33.4. The van der Waals surface area contributed by atoms with E-state index in [1.165, 1.54) is 21.9 Å². The maximum atomic E-state index is 5.08. The van der Waals surface area contributed by atoms with Gasteiger partial charge < -0.3 is 0 Å². The van der Waals surface area contributed by atoms with Gasteiger partial charge in [-0.25, -0.2) is 19.9 Å². The van der Waals surface area contributed by atoms with E-state index >= 15 is 0 Å². The molecule has 4 nitrogen and oxygen atoms in total. The average Bonchev–Trinajstić information content (AvgIpc) is 3.33. The van der Waals surface area contributed by atoms with E-state index in [0.717, 1.165) is 67.9 Å². The minimum Gasteiger partial charge on any atom is -0.248 e. The first-order valence-corrected chi connectivity index (χ1v) is 20.3. The number of aromatic nitrogens is 4. The fourth-order valence-corrected chi connectivity index (χ4v) is 7.61. The van der Waals surface area contributed by atoms with Crippen LogP contribution < -0.4 is 0 Å². The number of benzene rings is 7. The summed E-state index contributed by atoms with van der Waals surface area (Å²) in [6.07, 6.45) is 8.79. The molecule has 2 aromatic heterocycles. The number of hydrogen-bond acceptors (Lipinski definition) is 4. The van der Waals surface area contributed by atoms with Gasteiger partial charge in [-0.05, 0) is 69.6 Å². The van der Waals surface area contributed by atoms with E-state index in [0.29, 0.717) is 17.5 Å². The molecule has 0 unspecified atom stereocenters. The molecule has 0 radical (unpaired) electrons. The van der Waals surface area contributed by atoms with Crippen LogP contribution in [0.2, 0.25) is 0 Å². The Morgan fingerprint density at radius 1 is 0.433 bits per heavy atom. The van der Waals surface area contributed by atoms with E-state index in [1.807, 2.05) is 67.6 Å². The van der Waals surface area contributed by atoms with Crippen molar-refractivity contribution in [3.63, 3.8) is 0 Å². The van der Waals surface area contributed by atoms with E-state index in [-0.39, 0.29) is 0 Å². The van der Waals surface area contributed by atoms with Crippen molar-refractivity contribution in [3.8, 4) is 78.7 Å². The second-order valence-electron chi connectivity index (χ2n) is 14.6. The van der Waals surface area contributed by atoms with Crippen LogP contribution in [0.3, 0.4) is 0 Å². The van der Waals surface area contributed by atoms with Gasteiger partial charge in [0.25, 0.3) is 0 Å². The average molecular weight is 771 g/mol. The number of fused-ring (bicyclic) bond motifs is 1. The maximum absolute atomic E-state index is 5.08. The summed E-state index contributed by atoms with van der Waals surface area (Å²) in [6.45, 7) is 5.85. The molecule has 0 saturated heterocycles. The predicted octanol–water partition coefficient (Wildman–Crippen LogP) is 14.6. The normalized spacial score (nSPS) is 11.6. The van der Waals surface area contributed by atoms with Gasteiger partial charge in [-0.15, -0.1) is 6.58 Å². The van der Waals surface area contributed by atoms with E-state index in [2.05, 4.69) is 158 Å².